The van der Waals surface area contributed by atoms with Crippen molar-refractivity contribution in [2.45, 2.75) is 20.3 Å². The van der Waals surface area contributed by atoms with Gasteiger partial charge in [-0.25, -0.2) is 0 Å². The summed E-state index contributed by atoms with van der Waals surface area (Å²) in [5, 5.41) is 0. The van der Waals surface area contributed by atoms with E-state index in [1.165, 1.54) is 6.92 Å². The molecule has 1 aromatic rings. The molecule has 0 heterocycles. The summed E-state index contributed by atoms with van der Waals surface area (Å²) in [5.74, 6) is 0.0728. The Morgan fingerprint density at radius 1 is 1.47 bits per heavy atom. The lowest BCUT2D eigenvalue weighted by Crippen LogP contribution is -2.08. The maximum Gasteiger partial charge on any atom is 0.308 e. The maximum atomic E-state index is 11.8. The third-order valence-corrected chi connectivity index (χ3v) is 2.59. The Morgan fingerprint density at radius 3 is 2.87 bits per heavy atom. The second-order valence-electron chi connectivity index (χ2n) is 3.85. The van der Waals surface area contributed by atoms with Crippen LogP contribution in [-0.2, 0) is 11.2 Å². The van der Waals surface area contributed by atoms with Crippen molar-refractivity contribution in [3.05, 3.63) is 29.3 Å². The first-order valence-electron chi connectivity index (χ1n) is 4.94. The average molecular weight is 204 g/mol. The molecule has 0 N–H and O–H groups in total. The van der Waals surface area contributed by atoms with E-state index in [1.807, 2.05) is 19.1 Å². The van der Waals surface area contributed by atoms with E-state index in [1.54, 1.807) is 6.07 Å². The third kappa shape index (κ3) is 1.65. The highest BCUT2D eigenvalue weighted by Crippen LogP contribution is 2.33. The number of fused-ring (bicyclic) bond motifs is 1. The Balaban J connectivity index is 2.47. The summed E-state index contributed by atoms with van der Waals surface area (Å²) in [4.78, 5) is 22.7. The number of benzene rings is 1. The number of carbonyl (C=O) groups excluding carboxylic acids is 2. The van der Waals surface area contributed by atoms with Gasteiger partial charge in [-0.3, -0.25) is 9.59 Å². The Labute approximate surface area is 88.1 Å². The standard InChI is InChI=1S/C12H12O3/c1-7-6-9-4-3-5-10(15-8(2)13)11(9)12(7)14/h3-5,7H,6H2,1-2H3. The average Bonchev–Trinajstić information content (AvgIpc) is 2.43. The van der Waals surface area contributed by atoms with E-state index < -0.39 is 5.97 Å². The van der Waals surface area contributed by atoms with Crippen LogP contribution in [0.1, 0.15) is 29.8 Å². The molecule has 0 amide bonds. The molecule has 1 aliphatic rings. The summed E-state index contributed by atoms with van der Waals surface area (Å²) in [6.07, 6.45) is 0.739. The fourth-order valence-corrected chi connectivity index (χ4v) is 1.94. The first kappa shape index (κ1) is 9.90. The molecular weight excluding hydrogens is 192 g/mol. The summed E-state index contributed by atoms with van der Waals surface area (Å²) in [5.41, 5.74) is 1.56. The van der Waals surface area contributed by atoms with Gasteiger partial charge in [0.2, 0.25) is 0 Å². The molecule has 1 aromatic carbocycles. The summed E-state index contributed by atoms with van der Waals surface area (Å²) in [6, 6.07) is 5.38. The second kappa shape index (κ2) is 3.50. The lowest BCUT2D eigenvalue weighted by atomic mass is 10.1. The van der Waals surface area contributed by atoms with Gasteiger partial charge in [0.25, 0.3) is 0 Å². The zero-order valence-corrected chi connectivity index (χ0v) is 8.74. The first-order valence-corrected chi connectivity index (χ1v) is 4.94. The molecule has 0 saturated carbocycles. The van der Waals surface area contributed by atoms with Crippen LogP contribution in [0.4, 0.5) is 0 Å². The largest absolute Gasteiger partial charge is 0.426 e. The van der Waals surface area contributed by atoms with Gasteiger partial charge in [-0.05, 0) is 18.1 Å². The van der Waals surface area contributed by atoms with Crippen LogP contribution in [0.3, 0.4) is 0 Å². The van der Waals surface area contributed by atoms with Crippen LogP contribution in [0, 0.1) is 5.92 Å². The highest BCUT2D eigenvalue weighted by atomic mass is 16.5. The van der Waals surface area contributed by atoms with Crippen molar-refractivity contribution in [3.63, 3.8) is 0 Å². The molecule has 0 aromatic heterocycles. The molecule has 0 bridgehead atoms. The number of hydrogen-bond acceptors (Lipinski definition) is 3. The van der Waals surface area contributed by atoms with Crippen molar-refractivity contribution < 1.29 is 14.3 Å². The van der Waals surface area contributed by atoms with Crippen LogP contribution in [0.5, 0.6) is 5.75 Å². The lowest BCUT2D eigenvalue weighted by Gasteiger charge is -2.05. The molecule has 3 nitrogen and oxygen atoms in total. The molecule has 1 unspecified atom stereocenters. The van der Waals surface area contributed by atoms with E-state index in [0.29, 0.717) is 11.3 Å². The predicted octanol–water partition coefficient (Wildman–Crippen LogP) is 1.99. The van der Waals surface area contributed by atoms with Crippen molar-refractivity contribution in [2.24, 2.45) is 5.92 Å². The number of Topliss-reactive ketones (excluding diaryl/α,β-unsaturated/α-hetero) is 1. The van der Waals surface area contributed by atoms with E-state index >= 15 is 0 Å². The van der Waals surface area contributed by atoms with Crippen LogP contribution in [0.25, 0.3) is 0 Å². The Hall–Kier alpha value is -1.64. The minimum absolute atomic E-state index is 0.00305. The van der Waals surface area contributed by atoms with E-state index in [4.69, 9.17) is 4.74 Å². The van der Waals surface area contributed by atoms with Crippen molar-refractivity contribution in [1.82, 2.24) is 0 Å². The van der Waals surface area contributed by atoms with Gasteiger partial charge in [0.1, 0.15) is 5.75 Å². The van der Waals surface area contributed by atoms with Gasteiger partial charge >= 0.3 is 5.97 Å². The Bertz CT molecular complexity index is 434. The quantitative estimate of drug-likeness (QED) is 0.519. The van der Waals surface area contributed by atoms with E-state index in [-0.39, 0.29) is 11.7 Å². The van der Waals surface area contributed by atoms with Gasteiger partial charge in [-0.1, -0.05) is 19.1 Å². The molecule has 0 radical (unpaired) electrons. The van der Waals surface area contributed by atoms with Gasteiger partial charge in [-0.15, -0.1) is 0 Å². The Morgan fingerprint density at radius 2 is 2.20 bits per heavy atom. The van der Waals surface area contributed by atoms with Crippen LogP contribution in [0.15, 0.2) is 18.2 Å². The van der Waals surface area contributed by atoms with E-state index in [2.05, 4.69) is 0 Å². The van der Waals surface area contributed by atoms with Gasteiger partial charge in [0.05, 0.1) is 5.56 Å². The first-order chi connectivity index (χ1) is 7.09. The predicted molar refractivity (Wildman–Crippen MR) is 54.9 cm³/mol. The van der Waals surface area contributed by atoms with Crippen LogP contribution in [-0.4, -0.2) is 11.8 Å². The molecule has 0 aliphatic heterocycles. The highest BCUT2D eigenvalue weighted by Gasteiger charge is 2.30. The summed E-state index contributed by atoms with van der Waals surface area (Å²) < 4.78 is 5.02. The van der Waals surface area contributed by atoms with Crippen LogP contribution >= 0.6 is 0 Å². The minimum atomic E-state index is -0.393. The van der Waals surface area contributed by atoms with Gasteiger partial charge < -0.3 is 4.74 Å². The number of ketones is 1. The molecule has 15 heavy (non-hydrogen) atoms. The molecule has 2 rings (SSSR count). The SMILES string of the molecule is CC(=O)Oc1cccc2c1C(=O)C(C)C2. The fourth-order valence-electron chi connectivity index (χ4n) is 1.94. The number of ether oxygens (including phenoxy) is 1. The Kier molecular flexibility index (Phi) is 2.31. The smallest absolute Gasteiger partial charge is 0.308 e. The monoisotopic (exact) mass is 204 g/mol. The molecule has 1 atom stereocenters. The third-order valence-electron chi connectivity index (χ3n) is 2.59. The topological polar surface area (TPSA) is 43.4 Å². The molecule has 0 spiro atoms. The summed E-state index contributed by atoms with van der Waals surface area (Å²) in [6.45, 7) is 3.22. The zero-order valence-electron chi connectivity index (χ0n) is 8.74. The normalized spacial score (nSPS) is 18.8. The number of rotatable bonds is 1. The van der Waals surface area contributed by atoms with Crippen LogP contribution < -0.4 is 4.74 Å². The van der Waals surface area contributed by atoms with Crippen molar-refractivity contribution in [1.29, 1.82) is 0 Å². The molecule has 0 fully saturated rings. The highest BCUT2D eigenvalue weighted by molar-refractivity contribution is 6.04. The molecule has 3 heteroatoms. The maximum absolute atomic E-state index is 11.8. The molecule has 0 saturated heterocycles. The fraction of sp³-hybridized carbons (Fsp3) is 0.333. The summed E-state index contributed by atoms with van der Waals surface area (Å²) >= 11 is 0. The number of esters is 1. The van der Waals surface area contributed by atoms with Gasteiger partial charge in [0.15, 0.2) is 5.78 Å². The van der Waals surface area contributed by atoms with Gasteiger partial charge in [0, 0.05) is 12.8 Å². The van der Waals surface area contributed by atoms with Gasteiger partial charge in [-0.2, -0.15) is 0 Å². The molecular formula is C12H12O3. The van der Waals surface area contributed by atoms with Crippen LogP contribution in [0.2, 0.25) is 0 Å². The van der Waals surface area contributed by atoms with E-state index in [0.717, 1.165) is 12.0 Å². The van der Waals surface area contributed by atoms with Crippen molar-refractivity contribution >= 4 is 11.8 Å². The van der Waals surface area contributed by atoms with Crippen molar-refractivity contribution in [3.8, 4) is 5.75 Å². The zero-order chi connectivity index (χ0) is 11.0. The number of carbonyl (C=O) groups is 2. The second-order valence-corrected chi connectivity index (χ2v) is 3.85. The van der Waals surface area contributed by atoms with E-state index in [9.17, 15) is 9.59 Å². The minimum Gasteiger partial charge on any atom is -0.426 e. The number of hydrogen-bond donors (Lipinski definition) is 0. The van der Waals surface area contributed by atoms with Crippen molar-refractivity contribution in [2.75, 3.05) is 0 Å². The molecule has 78 valence electrons. The summed E-state index contributed by atoms with van der Waals surface area (Å²) in [7, 11) is 0. The lowest BCUT2D eigenvalue weighted by molar-refractivity contribution is -0.131. The molecule has 1 aliphatic carbocycles.